The van der Waals surface area contributed by atoms with Gasteiger partial charge in [-0.3, -0.25) is 0 Å². The second kappa shape index (κ2) is 11.7. The van der Waals surface area contributed by atoms with Crippen LogP contribution in [0.5, 0.6) is 0 Å². The van der Waals surface area contributed by atoms with Gasteiger partial charge in [0, 0.05) is 11.3 Å². The van der Waals surface area contributed by atoms with E-state index in [-0.39, 0.29) is 0 Å². The largest absolute Gasteiger partial charge is 0.398 e. The lowest BCUT2D eigenvalue weighted by Gasteiger charge is -2.12. The molecule has 3 rings (SSSR count). The van der Waals surface area contributed by atoms with Crippen molar-refractivity contribution in [3.63, 3.8) is 0 Å². The maximum Gasteiger partial charge on any atom is 0.0824 e. The third kappa shape index (κ3) is 5.99. The van der Waals surface area contributed by atoms with Crippen molar-refractivity contribution >= 4 is 92.7 Å². The van der Waals surface area contributed by atoms with E-state index < -0.39 is 0 Å². The number of thioether (sulfide) groups is 2. The van der Waals surface area contributed by atoms with E-state index in [4.69, 9.17) is 69.3 Å². The van der Waals surface area contributed by atoms with Crippen LogP contribution in [0.25, 0.3) is 0 Å². The summed E-state index contributed by atoms with van der Waals surface area (Å²) in [6, 6.07) is 9.07. The van der Waals surface area contributed by atoms with Crippen molar-refractivity contribution in [2.24, 2.45) is 0 Å². The normalized spacial score (nSPS) is 10.6. The Morgan fingerprint density at radius 1 is 0.688 bits per heavy atom. The number of nitrogen functional groups attached to an aromatic ring is 4. The molecule has 3 aromatic rings. The Morgan fingerprint density at radius 2 is 1.16 bits per heavy atom. The lowest BCUT2D eigenvalue weighted by Crippen LogP contribution is -1.99. The van der Waals surface area contributed by atoms with Crippen LogP contribution in [-0.4, -0.2) is 12.5 Å². The van der Waals surface area contributed by atoms with Crippen LogP contribution >= 0.6 is 69.9 Å². The minimum absolute atomic E-state index is 0.344. The third-order valence-corrected chi connectivity index (χ3v) is 8.21. The SMILES string of the molecule is CSc1cc(C)c(N)c(SC)c1N.Nc1ccc(Cc2ccc(N)c(Cl)c2Cl)c(Cl)c1Cl. The molecule has 0 saturated carbocycles. The molecule has 0 aliphatic rings. The molecule has 32 heavy (non-hydrogen) atoms. The minimum Gasteiger partial charge on any atom is -0.398 e. The molecule has 10 heteroatoms. The Kier molecular flexibility index (Phi) is 9.88. The average Bonchev–Trinajstić information content (AvgIpc) is 2.77. The maximum atomic E-state index is 6.16. The fraction of sp³-hybridized carbons (Fsp3) is 0.182. The Hall–Kier alpha value is -1.28. The van der Waals surface area contributed by atoms with Gasteiger partial charge in [0.15, 0.2) is 0 Å². The van der Waals surface area contributed by atoms with Gasteiger partial charge < -0.3 is 22.9 Å². The zero-order valence-corrected chi connectivity index (χ0v) is 22.4. The van der Waals surface area contributed by atoms with Gasteiger partial charge >= 0.3 is 0 Å². The highest BCUT2D eigenvalue weighted by molar-refractivity contribution is 7.99. The predicted molar refractivity (Wildman–Crippen MR) is 148 cm³/mol. The summed E-state index contributed by atoms with van der Waals surface area (Å²) in [5.74, 6) is 0. The van der Waals surface area contributed by atoms with Gasteiger partial charge in [-0.15, -0.1) is 23.5 Å². The molecule has 0 aromatic heterocycles. The Morgan fingerprint density at radius 3 is 1.56 bits per heavy atom. The van der Waals surface area contributed by atoms with E-state index in [0.29, 0.717) is 37.9 Å². The Balaban J connectivity index is 0.000000244. The average molecular weight is 550 g/mol. The van der Waals surface area contributed by atoms with E-state index >= 15 is 0 Å². The highest BCUT2D eigenvalue weighted by Gasteiger charge is 2.13. The number of hydrogen-bond acceptors (Lipinski definition) is 6. The molecule has 3 aromatic carbocycles. The molecule has 0 fully saturated rings. The third-order valence-electron chi connectivity index (χ3n) is 4.72. The van der Waals surface area contributed by atoms with E-state index in [1.807, 2.05) is 37.6 Å². The molecule has 8 N–H and O–H groups in total. The molecule has 0 saturated heterocycles. The van der Waals surface area contributed by atoms with Crippen LogP contribution in [0, 0.1) is 6.92 Å². The fourth-order valence-corrected chi connectivity index (χ4v) is 5.10. The standard InChI is InChI=1S/C13H10Cl4N2.C9H14N2S2/c14-10-6(1-3-8(18)12(10)16)5-7-2-4-9(19)13(17)11(7)15;1-5-4-6(12-2)8(11)9(13-3)7(5)10/h1-4H,5,18-19H2;4H,10-11H2,1-3H3. The summed E-state index contributed by atoms with van der Waals surface area (Å²) in [5, 5.41) is 1.53. The van der Waals surface area contributed by atoms with Gasteiger partial charge in [0.2, 0.25) is 0 Å². The quantitative estimate of drug-likeness (QED) is 0.197. The molecular weight excluding hydrogens is 526 g/mol. The van der Waals surface area contributed by atoms with Gasteiger partial charge in [-0.25, -0.2) is 0 Å². The van der Waals surface area contributed by atoms with E-state index in [0.717, 1.165) is 37.9 Å². The number of rotatable bonds is 4. The first kappa shape index (κ1) is 27.0. The number of benzene rings is 3. The van der Waals surface area contributed by atoms with Crippen molar-refractivity contribution in [2.75, 3.05) is 35.4 Å². The number of hydrogen-bond donors (Lipinski definition) is 4. The molecule has 0 amide bonds. The van der Waals surface area contributed by atoms with Crippen LogP contribution < -0.4 is 22.9 Å². The van der Waals surface area contributed by atoms with Gasteiger partial charge in [-0.05, 0) is 54.3 Å². The number of halogens is 4. The molecule has 0 bridgehead atoms. The first-order chi connectivity index (χ1) is 15.0. The van der Waals surface area contributed by atoms with Gasteiger partial charge in [-0.1, -0.05) is 58.5 Å². The molecular formula is C22H24Cl4N4S2. The lowest BCUT2D eigenvalue weighted by atomic mass is 10.0. The molecule has 172 valence electrons. The van der Waals surface area contributed by atoms with Crippen molar-refractivity contribution in [3.8, 4) is 0 Å². The molecule has 0 atom stereocenters. The second-order valence-corrected chi connectivity index (χ2v) is 9.99. The van der Waals surface area contributed by atoms with Crippen LogP contribution in [0.4, 0.5) is 22.7 Å². The van der Waals surface area contributed by atoms with Crippen LogP contribution in [-0.2, 0) is 6.42 Å². The Labute approximate surface area is 217 Å². The highest BCUT2D eigenvalue weighted by Crippen LogP contribution is 2.38. The minimum atomic E-state index is 0.344. The molecule has 0 radical (unpaired) electrons. The van der Waals surface area contributed by atoms with Crippen molar-refractivity contribution < 1.29 is 0 Å². The second-order valence-electron chi connectivity index (χ2n) is 6.82. The van der Waals surface area contributed by atoms with Crippen LogP contribution in [0.15, 0.2) is 40.1 Å². The Bertz CT molecular complexity index is 1080. The van der Waals surface area contributed by atoms with Crippen LogP contribution in [0.1, 0.15) is 16.7 Å². The summed E-state index contributed by atoms with van der Waals surface area (Å²) in [4.78, 5) is 2.11. The summed E-state index contributed by atoms with van der Waals surface area (Å²) in [7, 11) is 0. The predicted octanol–water partition coefficient (Wildman–Crippen LogP) is 7.66. The van der Waals surface area contributed by atoms with E-state index in [9.17, 15) is 0 Å². The summed E-state index contributed by atoms with van der Waals surface area (Å²) >= 11 is 27.6. The van der Waals surface area contributed by atoms with E-state index in [1.54, 1.807) is 35.7 Å². The molecule has 0 spiro atoms. The number of aryl methyl sites for hydroxylation is 1. The van der Waals surface area contributed by atoms with Gasteiger partial charge in [0.1, 0.15) is 0 Å². The molecule has 0 heterocycles. The van der Waals surface area contributed by atoms with Gasteiger partial charge in [0.05, 0.1) is 47.7 Å². The molecule has 0 aliphatic heterocycles. The van der Waals surface area contributed by atoms with E-state index in [2.05, 4.69) is 0 Å². The van der Waals surface area contributed by atoms with Crippen LogP contribution in [0.3, 0.4) is 0 Å². The van der Waals surface area contributed by atoms with Crippen LogP contribution in [0.2, 0.25) is 20.1 Å². The molecule has 4 nitrogen and oxygen atoms in total. The summed E-state index contributed by atoms with van der Waals surface area (Å²) in [6.45, 7) is 2.01. The summed E-state index contributed by atoms with van der Waals surface area (Å²) in [6.07, 6.45) is 4.51. The topological polar surface area (TPSA) is 104 Å². The van der Waals surface area contributed by atoms with Gasteiger partial charge in [0.25, 0.3) is 0 Å². The maximum absolute atomic E-state index is 6.16. The van der Waals surface area contributed by atoms with Crippen molar-refractivity contribution in [1.82, 2.24) is 0 Å². The lowest BCUT2D eigenvalue weighted by molar-refractivity contribution is 1.19. The molecule has 0 aliphatic carbocycles. The van der Waals surface area contributed by atoms with Crippen molar-refractivity contribution in [1.29, 1.82) is 0 Å². The van der Waals surface area contributed by atoms with E-state index in [1.165, 1.54) is 0 Å². The molecule has 0 unspecified atom stereocenters. The first-order valence-corrected chi connectivity index (χ1v) is 13.2. The highest BCUT2D eigenvalue weighted by atomic mass is 35.5. The number of nitrogens with two attached hydrogens (primary N) is 4. The zero-order valence-electron chi connectivity index (χ0n) is 17.7. The van der Waals surface area contributed by atoms with Gasteiger partial charge in [-0.2, -0.15) is 0 Å². The fourth-order valence-electron chi connectivity index (χ4n) is 2.86. The monoisotopic (exact) mass is 548 g/mol. The summed E-state index contributed by atoms with van der Waals surface area (Å²) < 4.78 is 0. The first-order valence-electron chi connectivity index (χ1n) is 9.24. The number of anilines is 4. The summed E-state index contributed by atoms with van der Waals surface area (Å²) in [5.41, 5.74) is 28.5. The van der Waals surface area contributed by atoms with Crippen molar-refractivity contribution in [3.05, 3.63) is 67.1 Å². The smallest absolute Gasteiger partial charge is 0.0824 e. The van der Waals surface area contributed by atoms with Crippen molar-refractivity contribution in [2.45, 2.75) is 23.1 Å². The zero-order chi connectivity index (χ0) is 24.2.